The van der Waals surface area contributed by atoms with Crippen LogP contribution in [0.5, 0.6) is 0 Å². The number of nitrogens with one attached hydrogen (secondary N) is 1. The van der Waals surface area contributed by atoms with Crippen LogP contribution in [0.1, 0.15) is 63.6 Å². The zero-order chi connectivity index (χ0) is 15.2. The van der Waals surface area contributed by atoms with Crippen LogP contribution >= 0.6 is 0 Å². The van der Waals surface area contributed by atoms with Gasteiger partial charge < -0.3 is 15.2 Å². The van der Waals surface area contributed by atoms with E-state index in [9.17, 15) is 5.11 Å². The number of benzene rings is 1. The normalized spacial score (nSPS) is 24.2. The number of aliphatic hydroxyl groups is 1. The zero-order valence-corrected chi connectivity index (χ0v) is 13.5. The van der Waals surface area contributed by atoms with Crippen molar-refractivity contribution in [2.75, 3.05) is 0 Å². The molecule has 0 amide bonds. The van der Waals surface area contributed by atoms with Crippen LogP contribution < -0.4 is 5.32 Å². The molecule has 0 spiro atoms. The summed E-state index contributed by atoms with van der Waals surface area (Å²) in [4.78, 5) is 0. The summed E-state index contributed by atoms with van der Waals surface area (Å²) in [5.41, 5.74) is 2.23. The Kier molecular flexibility index (Phi) is 6.22. The molecular weight excluding hydrogens is 262 g/mol. The van der Waals surface area contributed by atoms with Crippen LogP contribution in [0.15, 0.2) is 24.3 Å². The molecular formula is C18H29NO2. The lowest BCUT2D eigenvalue weighted by Crippen LogP contribution is -2.37. The van der Waals surface area contributed by atoms with E-state index in [1.165, 1.54) is 18.4 Å². The maximum Gasteiger partial charge on any atom is 0.0681 e. The van der Waals surface area contributed by atoms with Gasteiger partial charge in [0.2, 0.25) is 0 Å². The standard InChI is InChI=1S/C18H29NO2/c1-13(2)21-18-9-7-17(8-10-18)19-14(3)16-6-4-5-15(11-16)12-20/h4-6,11,13-14,17-20H,7-10,12H2,1-3H3. The van der Waals surface area contributed by atoms with Crippen molar-refractivity contribution < 1.29 is 9.84 Å². The first-order chi connectivity index (χ1) is 10.1. The van der Waals surface area contributed by atoms with E-state index < -0.39 is 0 Å². The summed E-state index contributed by atoms with van der Waals surface area (Å²) in [5.74, 6) is 0. The molecule has 0 bridgehead atoms. The summed E-state index contributed by atoms with van der Waals surface area (Å²) in [6.07, 6.45) is 5.44. The third-order valence-electron chi connectivity index (χ3n) is 4.26. The molecule has 1 saturated carbocycles. The Morgan fingerprint density at radius 1 is 1.19 bits per heavy atom. The molecule has 1 aromatic rings. The second-order valence-corrected chi connectivity index (χ2v) is 6.45. The second kappa shape index (κ2) is 7.92. The predicted octanol–water partition coefficient (Wildman–Crippen LogP) is 3.57. The van der Waals surface area contributed by atoms with Crippen molar-refractivity contribution in [2.45, 2.75) is 77.4 Å². The number of aliphatic hydroxyl groups excluding tert-OH is 1. The lowest BCUT2D eigenvalue weighted by molar-refractivity contribution is -0.0166. The Morgan fingerprint density at radius 3 is 2.52 bits per heavy atom. The minimum atomic E-state index is 0.109. The molecule has 3 heteroatoms. The first-order valence-corrected chi connectivity index (χ1v) is 8.19. The summed E-state index contributed by atoms with van der Waals surface area (Å²) in [7, 11) is 0. The highest BCUT2D eigenvalue weighted by molar-refractivity contribution is 5.25. The van der Waals surface area contributed by atoms with Gasteiger partial charge in [0.15, 0.2) is 0 Å². The maximum atomic E-state index is 9.23. The van der Waals surface area contributed by atoms with E-state index in [4.69, 9.17) is 4.74 Å². The van der Waals surface area contributed by atoms with E-state index in [2.05, 4.69) is 38.2 Å². The summed E-state index contributed by atoms with van der Waals surface area (Å²) in [6.45, 7) is 6.53. The van der Waals surface area contributed by atoms with E-state index in [1.54, 1.807) is 0 Å². The Morgan fingerprint density at radius 2 is 1.90 bits per heavy atom. The number of ether oxygens (including phenoxy) is 1. The molecule has 1 fully saturated rings. The third kappa shape index (κ3) is 5.10. The second-order valence-electron chi connectivity index (χ2n) is 6.45. The van der Waals surface area contributed by atoms with Crippen molar-refractivity contribution in [3.63, 3.8) is 0 Å². The fourth-order valence-electron chi connectivity index (χ4n) is 3.16. The summed E-state index contributed by atoms with van der Waals surface area (Å²) in [5, 5.41) is 13.0. The molecule has 1 aliphatic carbocycles. The molecule has 1 aromatic carbocycles. The summed E-state index contributed by atoms with van der Waals surface area (Å²) < 4.78 is 5.90. The Balaban J connectivity index is 1.82. The van der Waals surface area contributed by atoms with Crippen LogP contribution in [-0.2, 0) is 11.3 Å². The monoisotopic (exact) mass is 291 g/mol. The molecule has 0 saturated heterocycles. The first kappa shape index (κ1) is 16.5. The smallest absolute Gasteiger partial charge is 0.0681 e. The topological polar surface area (TPSA) is 41.5 Å². The van der Waals surface area contributed by atoms with Crippen molar-refractivity contribution in [2.24, 2.45) is 0 Å². The molecule has 1 atom stereocenters. The fourth-order valence-corrected chi connectivity index (χ4v) is 3.16. The molecule has 3 nitrogen and oxygen atoms in total. The van der Waals surface area contributed by atoms with Crippen LogP contribution in [-0.4, -0.2) is 23.4 Å². The van der Waals surface area contributed by atoms with E-state index in [-0.39, 0.29) is 6.61 Å². The van der Waals surface area contributed by atoms with Gasteiger partial charge in [-0.3, -0.25) is 0 Å². The number of rotatable bonds is 6. The van der Waals surface area contributed by atoms with Gasteiger partial charge in [0.1, 0.15) is 0 Å². The number of hydrogen-bond donors (Lipinski definition) is 2. The summed E-state index contributed by atoms with van der Waals surface area (Å²) >= 11 is 0. The molecule has 118 valence electrons. The molecule has 1 aliphatic rings. The number of hydrogen-bond acceptors (Lipinski definition) is 3. The molecule has 2 N–H and O–H groups in total. The Hall–Kier alpha value is -0.900. The van der Waals surface area contributed by atoms with Gasteiger partial charge in [0.25, 0.3) is 0 Å². The molecule has 0 aromatic heterocycles. The van der Waals surface area contributed by atoms with Crippen LogP contribution in [0.25, 0.3) is 0 Å². The van der Waals surface area contributed by atoms with E-state index >= 15 is 0 Å². The van der Waals surface area contributed by atoms with E-state index in [0.717, 1.165) is 18.4 Å². The molecule has 0 heterocycles. The molecule has 0 radical (unpaired) electrons. The Bertz CT molecular complexity index is 425. The largest absolute Gasteiger partial charge is 0.392 e. The van der Waals surface area contributed by atoms with Crippen LogP contribution in [0, 0.1) is 0 Å². The van der Waals surface area contributed by atoms with Gasteiger partial charge in [-0.2, -0.15) is 0 Å². The summed E-state index contributed by atoms with van der Waals surface area (Å²) in [6, 6.07) is 9.10. The van der Waals surface area contributed by atoms with E-state index in [0.29, 0.717) is 24.3 Å². The average Bonchev–Trinajstić information content (AvgIpc) is 2.49. The van der Waals surface area contributed by atoms with Crippen molar-refractivity contribution in [1.29, 1.82) is 0 Å². The lowest BCUT2D eigenvalue weighted by Gasteiger charge is -2.32. The van der Waals surface area contributed by atoms with Gasteiger partial charge >= 0.3 is 0 Å². The minimum absolute atomic E-state index is 0.109. The van der Waals surface area contributed by atoms with Crippen molar-refractivity contribution >= 4 is 0 Å². The lowest BCUT2D eigenvalue weighted by atomic mass is 9.91. The molecule has 2 rings (SSSR count). The van der Waals surface area contributed by atoms with Crippen molar-refractivity contribution in [3.05, 3.63) is 35.4 Å². The molecule has 21 heavy (non-hydrogen) atoms. The highest BCUT2D eigenvalue weighted by Crippen LogP contribution is 2.25. The van der Waals surface area contributed by atoms with Crippen LogP contribution in [0.3, 0.4) is 0 Å². The highest BCUT2D eigenvalue weighted by atomic mass is 16.5. The fraction of sp³-hybridized carbons (Fsp3) is 0.667. The highest BCUT2D eigenvalue weighted by Gasteiger charge is 2.23. The average molecular weight is 291 g/mol. The van der Waals surface area contributed by atoms with E-state index in [1.807, 2.05) is 12.1 Å². The molecule has 1 unspecified atom stereocenters. The SMILES string of the molecule is CC(C)OC1CCC(NC(C)c2cccc(CO)c2)CC1. The Labute approximate surface area is 128 Å². The van der Waals surface area contributed by atoms with Gasteiger partial charge in [-0.1, -0.05) is 24.3 Å². The molecule has 0 aliphatic heterocycles. The predicted molar refractivity (Wildman–Crippen MR) is 86.2 cm³/mol. The van der Waals surface area contributed by atoms with Gasteiger partial charge in [-0.05, 0) is 57.6 Å². The zero-order valence-electron chi connectivity index (χ0n) is 13.5. The van der Waals surface area contributed by atoms with Crippen LogP contribution in [0.2, 0.25) is 0 Å². The first-order valence-electron chi connectivity index (χ1n) is 8.19. The van der Waals surface area contributed by atoms with Gasteiger partial charge in [0, 0.05) is 12.1 Å². The maximum absolute atomic E-state index is 9.23. The van der Waals surface area contributed by atoms with Gasteiger partial charge in [-0.25, -0.2) is 0 Å². The van der Waals surface area contributed by atoms with Gasteiger partial charge in [-0.15, -0.1) is 0 Å². The van der Waals surface area contributed by atoms with Gasteiger partial charge in [0.05, 0.1) is 18.8 Å². The van der Waals surface area contributed by atoms with Crippen molar-refractivity contribution in [3.8, 4) is 0 Å². The third-order valence-corrected chi connectivity index (χ3v) is 4.26. The van der Waals surface area contributed by atoms with Crippen LogP contribution in [0.4, 0.5) is 0 Å². The minimum Gasteiger partial charge on any atom is -0.392 e. The van der Waals surface area contributed by atoms with Crippen molar-refractivity contribution in [1.82, 2.24) is 5.32 Å². The quantitative estimate of drug-likeness (QED) is 0.842.